The number of rotatable bonds is 5. The molecule has 2 aromatic heterocycles. The highest BCUT2D eigenvalue weighted by molar-refractivity contribution is 5.96. The summed E-state index contributed by atoms with van der Waals surface area (Å²) in [6, 6.07) is 8.29. The van der Waals surface area contributed by atoms with E-state index in [9.17, 15) is 9.18 Å². The zero-order valence-electron chi connectivity index (χ0n) is 18.0. The number of carbonyl (C=O) groups excluding carboxylic acids is 1. The van der Waals surface area contributed by atoms with Crippen LogP contribution in [0, 0.1) is 5.82 Å². The molecule has 2 N–H and O–H groups in total. The minimum absolute atomic E-state index is 0.0803. The molecule has 1 aliphatic heterocycles. The van der Waals surface area contributed by atoms with Gasteiger partial charge in [0.2, 0.25) is 0 Å². The minimum atomic E-state index is -0.315. The largest absolute Gasteiger partial charge is 0.496 e. The Morgan fingerprint density at radius 2 is 2.09 bits per heavy atom. The number of esters is 1. The van der Waals surface area contributed by atoms with Crippen LogP contribution in [0.25, 0.3) is 27.7 Å². The number of benzene rings is 1. The van der Waals surface area contributed by atoms with Crippen molar-refractivity contribution in [2.24, 2.45) is 0 Å². The second-order valence-electron chi connectivity index (χ2n) is 8.36. The van der Waals surface area contributed by atoms with Gasteiger partial charge in [0.1, 0.15) is 29.4 Å². The van der Waals surface area contributed by atoms with E-state index in [1.165, 1.54) is 17.7 Å². The number of ether oxygens (including phenoxy) is 2. The van der Waals surface area contributed by atoms with Gasteiger partial charge in [-0.3, -0.25) is 4.79 Å². The second-order valence-corrected chi connectivity index (χ2v) is 8.36. The van der Waals surface area contributed by atoms with Crippen LogP contribution in [-0.2, 0) is 9.53 Å². The molecule has 2 aliphatic rings. The van der Waals surface area contributed by atoms with Crippen LogP contribution in [-0.4, -0.2) is 41.7 Å². The molecule has 7 heteroatoms. The average Bonchev–Trinajstić information content (AvgIpc) is 3.49. The first-order valence-corrected chi connectivity index (χ1v) is 11.1. The second kappa shape index (κ2) is 8.74. The molecule has 1 fully saturated rings. The fourth-order valence-corrected chi connectivity index (χ4v) is 4.62. The Hall–Kier alpha value is -3.19. The van der Waals surface area contributed by atoms with Gasteiger partial charge >= 0.3 is 5.97 Å². The van der Waals surface area contributed by atoms with Crippen LogP contribution in [0.15, 0.2) is 42.6 Å². The number of halogens is 1. The van der Waals surface area contributed by atoms with Gasteiger partial charge in [-0.15, -0.1) is 0 Å². The summed E-state index contributed by atoms with van der Waals surface area (Å²) in [5.41, 5.74) is 4.45. The van der Waals surface area contributed by atoms with Crippen LogP contribution >= 0.6 is 0 Å². The topological polar surface area (TPSA) is 76.2 Å². The predicted octanol–water partition coefficient (Wildman–Crippen LogP) is 4.61. The maximum Gasteiger partial charge on any atom is 0.323 e. The Balaban J connectivity index is 1.38. The van der Waals surface area contributed by atoms with E-state index in [1.54, 1.807) is 19.4 Å². The number of fused-ring (bicyclic) bond motifs is 1. The zero-order valence-corrected chi connectivity index (χ0v) is 18.0. The van der Waals surface area contributed by atoms with Crippen molar-refractivity contribution in [3.8, 4) is 16.9 Å². The van der Waals surface area contributed by atoms with Crippen molar-refractivity contribution in [3.05, 3.63) is 54.1 Å². The number of methoxy groups -OCH3 is 1. The van der Waals surface area contributed by atoms with Gasteiger partial charge in [-0.05, 0) is 73.7 Å². The number of carbonyl (C=O) groups is 1. The Bertz CT molecular complexity index is 1180. The van der Waals surface area contributed by atoms with Crippen LogP contribution in [0.4, 0.5) is 4.39 Å². The summed E-state index contributed by atoms with van der Waals surface area (Å²) in [4.78, 5) is 20.1. The summed E-state index contributed by atoms with van der Waals surface area (Å²) in [5.74, 6) is 0.165. The fourth-order valence-electron chi connectivity index (χ4n) is 4.62. The molecular formula is C25H26FN3O3. The molecule has 5 rings (SSSR count). The Morgan fingerprint density at radius 3 is 2.84 bits per heavy atom. The number of pyridine rings is 1. The number of H-pyrrole nitrogens is 1. The lowest BCUT2D eigenvalue weighted by molar-refractivity contribution is -0.151. The molecule has 2 atom stereocenters. The molecule has 3 aromatic rings. The maximum atomic E-state index is 14.0. The number of hydrogen-bond acceptors (Lipinski definition) is 5. The predicted molar refractivity (Wildman–Crippen MR) is 121 cm³/mol. The molecule has 0 amide bonds. The van der Waals surface area contributed by atoms with E-state index < -0.39 is 0 Å². The quantitative estimate of drug-likeness (QED) is 0.573. The van der Waals surface area contributed by atoms with Gasteiger partial charge in [-0.2, -0.15) is 0 Å². The summed E-state index contributed by atoms with van der Waals surface area (Å²) in [6.45, 7) is 0.881. The van der Waals surface area contributed by atoms with E-state index in [4.69, 9.17) is 9.47 Å². The van der Waals surface area contributed by atoms with E-state index in [1.807, 2.05) is 6.07 Å². The van der Waals surface area contributed by atoms with Gasteiger partial charge in [0.15, 0.2) is 0 Å². The van der Waals surface area contributed by atoms with Crippen molar-refractivity contribution < 1.29 is 18.7 Å². The SMILES string of the molecule is COc1ccc(F)cc1-c1ccnc2[nH]c(C3=CCC(OC(=O)[C@@H]4CCCN4)CC3)cc12. The van der Waals surface area contributed by atoms with Crippen LogP contribution in [0.1, 0.15) is 37.8 Å². The lowest BCUT2D eigenvalue weighted by Crippen LogP contribution is -2.35. The molecule has 0 bridgehead atoms. The van der Waals surface area contributed by atoms with Crippen LogP contribution in [0.3, 0.4) is 0 Å². The highest BCUT2D eigenvalue weighted by Gasteiger charge is 2.27. The number of hydrogen-bond donors (Lipinski definition) is 2. The van der Waals surface area contributed by atoms with E-state index in [0.29, 0.717) is 17.7 Å². The third-order valence-corrected chi connectivity index (χ3v) is 6.32. The lowest BCUT2D eigenvalue weighted by Gasteiger charge is -2.23. The number of nitrogens with one attached hydrogen (secondary N) is 2. The molecule has 1 aliphatic carbocycles. The normalized spacial score (nSPS) is 20.9. The third-order valence-electron chi connectivity index (χ3n) is 6.32. The molecule has 166 valence electrons. The Morgan fingerprint density at radius 1 is 1.19 bits per heavy atom. The van der Waals surface area contributed by atoms with Gasteiger partial charge in [-0.1, -0.05) is 6.08 Å². The molecule has 32 heavy (non-hydrogen) atoms. The highest BCUT2D eigenvalue weighted by atomic mass is 19.1. The van der Waals surface area contributed by atoms with E-state index in [0.717, 1.165) is 54.5 Å². The molecule has 1 unspecified atom stereocenters. The molecular weight excluding hydrogens is 409 g/mol. The molecule has 6 nitrogen and oxygen atoms in total. The van der Waals surface area contributed by atoms with Crippen molar-refractivity contribution >= 4 is 22.6 Å². The molecule has 3 heterocycles. The zero-order chi connectivity index (χ0) is 22.1. The fraction of sp³-hybridized carbons (Fsp3) is 0.360. The highest BCUT2D eigenvalue weighted by Crippen LogP contribution is 2.37. The maximum absolute atomic E-state index is 14.0. The van der Waals surface area contributed by atoms with Crippen LogP contribution < -0.4 is 10.1 Å². The van der Waals surface area contributed by atoms with E-state index >= 15 is 0 Å². The summed E-state index contributed by atoms with van der Waals surface area (Å²) in [7, 11) is 1.58. The van der Waals surface area contributed by atoms with Crippen molar-refractivity contribution in [2.45, 2.75) is 44.2 Å². The average molecular weight is 435 g/mol. The van der Waals surface area contributed by atoms with Crippen molar-refractivity contribution in [1.29, 1.82) is 0 Å². The standard InChI is InChI=1S/C25H26FN3O3/c1-31-23-9-6-16(26)13-19(23)18-10-12-28-24-20(18)14-22(29-24)15-4-7-17(8-5-15)32-25(30)21-3-2-11-27-21/h4,6,9-10,12-14,17,21,27H,2-3,5,7-8,11H2,1H3,(H,28,29)/t17?,21-/m0/s1. The molecule has 1 aromatic carbocycles. The summed E-state index contributed by atoms with van der Waals surface area (Å²) in [6.07, 6.45) is 7.93. The van der Waals surface area contributed by atoms with Gasteiger partial charge in [0, 0.05) is 29.3 Å². The first kappa shape index (κ1) is 20.7. The van der Waals surface area contributed by atoms with Crippen molar-refractivity contribution in [3.63, 3.8) is 0 Å². The molecule has 0 saturated carbocycles. The van der Waals surface area contributed by atoms with Crippen molar-refractivity contribution in [1.82, 2.24) is 15.3 Å². The first-order chi connectivity index (χ1) is 15.6. The monoisotopic (exact) mass is 435 g/mol. The number of aromatic nitrogens is 2. The van der Waals surface area contributed by atoms with Gasteiger partial charge in [0.25, 0.3) is 0 Å². The molecule has 0 spiro atoms. The molecule has 0 radical (unpaired) electrons. The van der Waals surface area contributed by atoms with Crippen molar-refractivity contribution in [2.75, 3.05) is 13.7 Å². The van der Waals surface area contributed by atoms with Gasteiger partial charge in [-0.25, -0.2) is 9.37 Å². The first-order valence-electron chi connectivity index (χ1n) is 11.1. The summed E-state index contributed by atoms with van der Waals surface area (Å²) >= 11 is 0. The summed E-state index contributed by atoms with van der Waals surface area (Å²) < 4.78 is 25.1. The Kier molecular flexibility index (Phi) is 5.66. The number of nitrogens with zero attached hydrogens (tertiary/aromatic N) is 1. The third kappa shape index (κ3) is 4.00. The van der Waals surface area contributed by atoms with Gasteiger partial charge < -0.3 is 19.8 Å². The van der Waals surface area contributed by atoms with E-state index in [2.05, 4.69) is 27.4 Å². The van der Waals surface area contributed by atoms with Crippen LogP contribution in [0.5, 0.6) is 5.75 Å². The lowest BCUT2D eigenvalue weighted by atomic mass is 9.94. The van der Waals surface area contributed by atoms with Crippen LogP contribution in [0.2, 0.25) is 0 Å². The Labute approximate surface area is 185 Å². The summed E-state index contributed by atoms with van der Waals surface area (Å²) in [5, 5.41) is 4.10. The minimum Gasteiger partial charge on any atom is -0.496 e. The molecule has 1 saturated heterocycles. The number of aromatic amines is 1. The number of allylic oxidation sites excluding steroid dienone is 1. The smallest absolute Gasteiger partial charge is 0.323 e. The van der Waals surface area contributed by atoms with E-state index in [-0.39, 0.29) is 23.9 Å². The van der Waals surface area contributed by atoms with Gasteiger partial charge in [0.05, 0.1) is 7.11 Å².